The fraction of sp³-hybridized carbons (Fsp3) is 0.333. The van der Waals surface area contributed by atoms with Crippen molar-refractivity contribution in [2.24, 2.45) is 5.92 Å². The third-order valence-electron chi connectivity index (χ3n) is 6.57. The number of amides is 1. The van der Waals surface area contributed by atoms with Crippen LogP contribution in [0.25, 0.3) is 0 Å². The number of rotatable bonds is 7. The number of piperidine rings is 1. The Kier molecular flexibility index (Phi) is 7.63. The largest absolute Gasteiger partial charge is 0.381 e. The third-order valence-corrected chi connectivity index (χ3v) is 6.80. The molecule has 2 heterocycles. The number of anilines is 2. The van der Waals surface area contributed by atoms with Crippen LogP contribution in [-0.2, 0) is 0 Å². The lowest BCUT2D eigenvalue weighted by Gasteiger charge is -2.37. The number of hydrogen-bond acceptors (Lipinski definition) is 4. The molecule has 4 rings (SSSR count). The fourth-order valence-corrected chi connectivity index (χ4v) is 4.88. The molecule has 6 heteroatoms. The second-order valence-electron chi connectivity index (χ2n) is 8.76. The summed E-state index contributed by atoms with van der Waals surface area (Å²) < 4.78 is 0. The number of carbonyl (C=O) groups is 1. The van der Waals surface area contributed by atoms with E-state index in [2.05, 4.69) is 59.0 Å². The normalized spacial score (nSPS) is 16.1. The van der Waals surface area contributed by atoms with Gasteiger partial charge in [-0.05, 0) is 74.2 Å². The second-order valence-corrected chi connectivity index (χ2v) is 9.20. The van der Waals surface area contributed by atoms with Gasteiger partial charge in [0.2, 0.25) is 0 Å². The van der Waals surface area contributed by atoms with Crippen LogP contribution in [0, 0.1) is 12.8 Å². The molecular formula is C27H31ClN4O. The van der Waals surface area contributed by atoms with Crippen LogP contribution >= 0.6 is 11.6 Å². The van der Waals surface area contributed by atoms with E-state index in [1.165, 1.54) is 17.3 Å². The number of pyridine rings is 1. The van der Waals surface area contributed by atoms with Gasteiger partial charge in [-0.2, -0.15) is 0 Å². The van der Waals surface area contributed by atoms with Gasteiger partial charge in [-0.1, -0.05) is 54.9 Å². The van der Waals surface area contributed by atoms with E-state index in [1.54, 1.807) is 12.1 Å². The number of aromatic nitrogens is 1. The standard InChI is InChI=1S/C27H31ClN4O/c1-18-7-3-4-8-22(18)19(2)26(20-13-15-29-16-14-20)31-24-10-6-5-9-23(24)27(33)32-25-12-11-21(28)17-30-25/h3-12,17,19-20,26,29,31H,13-16H2,1-2H3,(H,30,32,33). The highest BCUT2D eigenvalue weighted by Crippen LogP contribution is 2.33. The van der Waals surface area contributed by atoms with E-state index in [4.69, 9.17) is 11.6 Å². The summed E-state index contributed by atoms with van der Waals surface area (Å²) in [6, 6.07) is 19.9. The molecule has 1 aromatic heterocycles. The van der Waals surface area contributed by atoms with Gasteiger partial charge in [0.1, 0.15) is 5.82 Å². The molecule has 172 valence electrons. The lowest BCUT2D eigenvalue weighted by atomic mass is 9.79. The van der Waals surface area contributed by atoms with Crippen molar-refractivity contribution in [1.82, 2.24) is 10.3 Å². The molecule has 3 N–H and O–H groups in total. The van der Waals surface area contributed by atoms with Crippen molar-refractivity contribution in [3.8, 4) is 0 Å². The van der Waals surface area contributed by atoms with Crippen LogP contribution in [-0.4, -0.2) is 30.0 Å². The van der Waals surface area contributed by atoms with Crippen LogP contribution < -0.4 is 16.0 Å². The number of carbonyl (C=O) groups excluding carboxylic acids is 1. The molecule has 5 nitrogen and oxygen atoms in total. The highest BCUT2D eigenvalue weighted by atomic mass is 35.5. The zero-order chi connectivity index (χ0) is 23.2. The zero-order valence-corrected chi connectivity index (χ0v) is 19.9. The Balaban J connectivity index is 1.61. The zero-order valence-electron chi connectivity index (χ0n) is 19.1. The lowest BCUT2D eigenvalue weighted by Crippen LogP contribution is -2.41. The van der Waals surface area contributed by atoms with Gasteiger partial charge in [0.15, 0.2) is 0 Å². The number of benzene rings is 2. The number of aryl methyl sites for hydroxylation is 1. The van der Waals surface area contributed by atoms with Gasteiger partial charge in [-0.15, -0.1) is 0 Å². The third kappa shape index (κ3) is 5.73. The van der Waals surface area contributed by atoms with Gasteiger partial charge in [0.25, 0.3) is 5.91 Å². The van der Waals surface area contributed by atoms with Crippen molar-refractivity contribution in [1.29, 1.82) is 0 Å². The van der Waals surface area contributed by atoms with Crippen molar-refractivity contribution in [3.63, 3.8) is 0 Å². The summed E-state index contributed by atoms with van der Waals surface area (Å²) in [6.07, 6.45) is 3.74. The quantitative estimate of drug-likeness (QED) is 0.410. The molecule has 0 radical (unpaired) electrons. The summed E-state index contributed by atoms with van der Waals surface area (Å²) >= 11 is 5.92. The van der Waals surface area contributed by atoms with Crippen LogP contribution in [0.5, 0.6) is 0 Å². The molecule has 33 heavy (non-hydrogen) atoms. The average Bonchev–Trinajstić information content (AvgIpc) is 2.84. The van der Waals surface area contributed by atoms with E-state index in [0.29, 0.717) is 28.2 Å². The first kappa shape index (κ1) is 23.3. The van der Waals surface area contributed by atoms with Crippen LogP contribution in [0.2, 0.25) is 5.02 Å². The average molecular weight is 463 g/mol. The maximum Gasteiger partial charge on any atom is 0.258 e. The van der Waals surface area contributed by atoms with Crippen molar-refractivity contribution < 1.29 is 4.79 Å². The molecule has 2 aromatic carbocycles. The van der Waals surface area contributed by atoms with E-state index in [1.807, 2.05) is 24.3 Å². The van der Waals surface area contributed by atoms with Gasteiger partial charge in [0.05, 0.1) is 10.6 Å². The Labute approximate surface area is 201 Å². The summed E-state index contributed by atoms with van der Waals surface area (Å²) in [5, 5.41) is 10.7. The molecular weight excluding hydrogens is 432 g/mol. The van der Waals surface area contributed by atoms with Crippen LogP contribution in [0.1, 0.15) is 47.2 Å². The summed E-state index contributed by atoms with van der Waals surface area (Å²) in [5.41, 5.74) is 4.09. The first-order valence-electron chi connectivity index (χ1n) is 11.6. The van der Waals surface area contributed by atoms with E-state index >= 15 is 0 Å². The smallest absolute Gasteiger partial charge is 0.258 e. The molecule has 2 unspecified atom stereocenters. The first-order chi connectivity index (χ1) is 16.0. The van der Waals surface area contributed by atoms with Crippen molar-refractivity contribution in [2.45, 2.75) is 38.6 Å². The number of nitrogens with one attached hydrogen (secondary N) is 3. The van der Waals surface area contributed by atoms with Gasteiger partial charge < -0.3 is 16.0 Å². The second kappa shape index (κ2) is 10.8. The molecule has 0 bridgehead atoms. The Morgan fingerprint density at radius 1 is 1.06 bits per heavy atom. The van der Waals surface area contributed by atoms with Crippen LogP contribution in [0.3, 0.4) is 0 Å². The van der Waals surface area contributed by atoms with E-state index in [9.17, 15) is 4.79 Å². The van der Waals surface area contributed by atoms with Gasteiger partial charge in [-0.25, -0.2) is 4.98 Å². The molecule has 0 spiro atoms. The summed E-state index contributed by atoms with van der Waals surface area (Å²) in [7, 11) is 0. The van der Waals surface area contributed by atoms with Gasteiger partial charge >= 0.3 is 0 Å². The van der Waals surface area contributed by atoms with Crippen molar-refractivity contribution >= 4 is 29.0 Å². The topological polar surface area (TPSA) is 66.0 Å². The van der Waals surface area contributed by atoms with Crippen LogP contribution in [0.4, 0.5) is 11.5 Å². The van der Waals surface area contributed by atoms with Gasteiger partial charge in [-0.3, -0.25) is 4.79 Å². The Hall–Kier alpha value is -2.89. The Bertz CT molecular complexity index is 1080. The molecule has 1 saturated heterocycles. The molecule has 1 aliphatic heterocycles. The minimum Gasteiger partial charge on any atom is -0.381 e. The summed E-state index contributed by atoms with van der Waals surface area (Å²) in [4.78, 5) is 17.3. The van der Waals surface area contributed by atoms with Crippen molar-refractivity contribution in [2.75, 3.05) is 23.7 Å². The first-order valence-corrected chi connectivity index (χ1v) is 12.0. The summed E-state index contributed by atoms with van der Waals surface area (Å²) in [6.45, 7) is 6.51. The SMILES string of the molecule is Cc1ccccc1C(C)C(Nc1ccccc1C(=O)Nc1ccc(Cl)cn1)C1CCNCC1. The maximum atomic E-state index is 13.1. The van der Waals surface area contributed by atoms with Crippen LogP contribution in [0.15, 0.2) is 66.9 Å². The predicted octanol–water partition coefficient (Wildman–Crippen LogP) is 5.88. The van der Waals surface area contributed by atoms with E-state index in [0.717, 1.165) is 31.6 Å². The molecule has 1 fully saturated rings. The Morgan fingerprint density at radius 3 is 2.52 bits per heavy atom. The van der Waals surface area contributed by atoms with E-state index in [-0.39, 0.29) is 11.9 Å². The van der Waals surface area contributed by atoms with Crippen molar-refractivity contribution in [3.05, 3.63) is 88.6 Å². The number of para-hydroxylation sites is 1. The minimum absolute atomic E-state index is 0.194. The van der Waals surface area contributed by atoms with Gasteiger partial charge in [0, 0.05) is 23.8 Å². The summed E-state index contributed by atoms with van der Waals surface area (Å²) in [5.74, 6) is 1.08. The predicted molar refractivity (Wildman–Crippen MR) is 136 cm³/mol. The highest BCUT2D eigenvalue weighted by Gasteiger charge is 2.30. The molecule has 1 aliphatic rings. The minimum atomic E-state index is -0.194. The Morgan fingerprint density at radius 2 is 1.79 bits per heavy atom. The highest BCUT2D eigenvalue weighted by molar-refractivity contribution is 6.30. The number of nitrogens with zero attached hydrogens (tertiary/aromatic N) is 1. The maximum absolute atomic E-state index is 13.1. The fourth-order valence-electron chi connectivity index (χ4n) is 4.77. The lowest BCUT2D eigenvalue weighted by molar-refractivity contribution is 0.102. The molecule has 3 aromatic rings. The van der Waals surface area contributed by atoms with E-state index < -0.39 is 0 Å². The number of halogens is 1. The molecule has 0 saturated carbocycles. The number of hydrogen-bond donors (Lipinski definition) is 3. The molecule has 0 aliphatic carbocycles. The molecule has 1 amide bonds. The molecule has 2 atom stereocenters. The monoisotopic (exact) mass is 462 g/mol.